The van der Waals surface area contributed by atoms with E-state index in [0.717, 1.165) is 75.4 Å². The minimum Gasteiger partial charge on any atom is -0.508 e. The lowest BCUT2D eigenvalue weighted by molar-refractivity contribution is -0.136. The minimum absolute atomic E-state index is 0.267. The Labute approximate surface area is 211 Å². The van der Waals surface area contributed by atoms with E-state index in [4.69, 9.17) is 5.10 Å². The third-order valence-corrected chi connectivity index (χ3v) is 8.18. The van der Waals surface area contributed by atoms with Crippen LogP contribution < -0.4 is 0 Å². The molecule has 192 valence electrons. The number of carbonyl (C=O) groups is 1. The van der Waals surface area contributed by atoms with E-state index in [2.05, 4.69) is 30.6 Å². The highest BCUT2D eigenvalue weighted by molar-refractivity contribution is 5.76. The molecule has 2 heterocycles. The smallest absolute Gasteiger partial charge is 0.223 e. The van der Waals surface area contributed by atoms with E-state index in [1.165, 1.54) is 37.7 Å². The van der Waals surface area contributed by atoms with Gasteiger partial charge in [0.1, 0.15) is 5.75 Å². The third-order valence-electron chi connectivity index (χ3n) is 8.18. The molecule has 2 aliphatic rings. The lowest BCUT2D eigenvalue weighted by Crippen LogP contribution is -2.48. The highest BCUT2D eigenvalue weighted by atomic mass is 16.3. The van der Waals surface area contributed by atoms with E-state index in [9.17, 15) is 9.90 Å². The van der Waals surface area contributed by atoms with E-state index in [1.54, 1.807) is 12.1 Å². The number of rotatable bonds is 9. The summed E-state index contributed by atoms with van der Waals surface area (Å²) in [5, 5.41) is 14.4. The van der Waals surface area contributed by atoms with Crippen molar-refractivity contribution in [2.24, 2.45) is 5.92 Å². The number of phenolic OH excluding ortho intramolecular Hbond substituents is 1. The van der Waals surface area contributed by atoms with Gasteiger partial charge in [-0.3, -0.25) is 9.69 Å². The fourth-order valence-corrected chi connectivity index (χ4v) is 5.96. The number of aromatic nitrogens is 2. The summed E-state index contributed by atoms with van der Waals surface area (Å²) in [4.78, 5) is 18.1. The molecule has 1 aromatic carbocycles. The summed E-state index contributed by atoms with van der Waals surface area (Å²) in [5.74, 6) is 1.28. The van der Waals surface area contributed by atoms with Gasteiger partial charge in [-0.05, 0) is 76.1 Å². The fraction of sp³-hybridized carbons (Fsp3) is 0.655. The Balaban J connectivity index is 1.36. The number of nitrogens with zero attached hydrogens (tertiary/aromatic N) is 4. The Morgan fingerprint density at radius 2 is 1.74 bits per heavy atom. The highest BCUT2D eigenvalue weighted by Gasteiger charge is 2.30. The van der Waals surface area contributed by atoms with Crippen LogP contribution >= 0.6 is 0 Å². The number of aromatic hydroxyl groups is 1. The van der Waals surface area contributed by atoms with Crippen molar-refractivity contribution < 1.29 is 9.90 Å². The molecule has 0 spiro atoms. The molecular formula is C29H44N4O2. The van der Waals surface area contributed by atoms with Crippen LogP contribution in [0.4, 0.5) is 0 Å². The monoisotopic (exact) mass is 480 g/mol. The zero-order valence-corrected chi connectivity index (χ0v) is 22.0. The lowest BCUT2D eigenvalue weighted by atomic mass is 9.86. The summed E-state index contributed by atoms with van der Waals surface area (Å²) >= 11 is 0. The number of piperidine rings is 1. The predicted octanol–water partition coefficient (Wildman–Crippen LogP) is 5.76. The van der Waals surface area contributed by atoms with Crippen LogP contribution in [0.25, 0.3) is 5.69 Å². The number of amides is 1. The number of phenols is 1. The fourth-order valence-electron chi connectivity index (χ4n) is 5.96. The van der Waals surface area contributed by atoms with Crippen molar-refractivity contribution in [3.05, 3.63) is 41.2 Å². The largest absolute Gasteiger partial charge is 0.508 e. The Morgan fingerprint density at radius 3 is 2.40 bits per heavy atom. The van der Waals surface area contributed by atoms with Crippen molar-refractivity contribution in [1.82, 2.24) is 19.6 Å². The van der Waals surface area contributed by atoms with Crippen LogP contribution in [0.15, 0.2) is 24.3 Å². The molecule has 0 unspecified atom stereocenters. The van der Waals surface area contributed by atoms with Crippen LogP contribution in [0.5, 0.6) is 5.75 Å². The number of hydrogen-bond acceptors (Lipinski definition) is 4. The summed E-state index contributed by atoms with van der Waals surface area (Å²) in [6.07, 6.45) is 11.5. The van der Waals surface area contributed by atoms with Gasteiger partial charge in [0.05, 0.1) is 11.4 Å². The first-order chi connectivity index (χ1) is 17.0. The molecule has 2 fully saturated rings. The molecule has 1 amide bonds. The molecule has 1 aliphatic carbocycles. The van der Waals surface area contributed by atoms with Crippen LogP contribution in [0.1, 0.15) is 88.1 Å². The van der Waals surface area contributed by atoms with Gasteiger partial charge >= 0.3 is 0 Å². The molecule has 6 heteroatoms. The van der Waals surface area contributed by atoms with Gasteiger partial charge in [-0.2, -0.15) is 5.10 Å². The number of likely N-dealkylation sites (tertiary alicyclic amines) is 1. The van der Waals surface area contributed by atoms with Crippen molar-refractivity contribution in [3.63, 3.8) is 0 Å². The van der Waals surface area contributed by atoms with Crippen molar-refractivity contribution in [2.75, 3.05) is 19.6 Å². The summed E-state index contributed by atoms with van der Waals surface area (Å²) < 4.78 is 1.98. The average Bonchev–Trinajstić information content (AvgIpc) is 3.14. The average molecular weight is 481 g/mol. The molecule has 1 N–H and O–H groups in total. The van der Waals surface area contributed by atoms with E-state index in [1.807, 2.05) is 16.8 Å². The topological polar surface area (TPSA) is 61.6 Å². The maximum absolute atomic E-state index is 13.3. The Kier molecular flexibility index (Phi) is 8.88. The molecule has 35 heavy (non-hydrogen) atoms. The van der Waals surface area contributed by atoms with Crippen LogP contribution in [0, 0.1) is 19.8 Å². The standard InChI is InChI=1S/C29H44N4O2/c1-4-5-17-32(29(35)20-24-9-7-6-8-10-24)25-15-18-31(19-16-25)21-28-22(2)30-33(23(28)3)26-11-13-27(34)14-12-26/h11-14,24-25,34H,4-10,15-21H2,1-3H3. The quantitative estimate of drug-likeness (QED) is 0.496. The second-order valence-corrected chi connectivity index (χ2v) is 10.7. The number of carbonyl (C=O) groups excluding carboxylic acids is 1. The van der Waals surface area contributed by atoms with E-state index >= 15 is 0 Å². The van der Waals surface area contributed by atoms with Gasteiger partial charge in [0.25, 0.3) is 0 Å². The molecular weight excluding hydrogens is 436 g/mol. The molecule has 1 saturated carbocycles. The number of benzene rings is 1. The maximum atomic E-state index is 13.3. The zero-order valence-electron chi connectivity index (χ0n) is 22.0. The Hall–Kier alpha value is -2.34. The van der Waals surface area contributed by atoms with E-state index in [-0.39, 0.29) is 5.75 Å². The van der Waals surface area contributed by atoms with E-state index < -0.39 is 0 Å². The summed E-state index contributed by atoms with van der Waals surface area (Å²) in [7, 11) is 0. The molecule has 0 bridgehead atoms. The van der Waals surface area contributed by atoms with Crippen molar-refractivity contribution in [2.45, 2.75) is 97.6 Å². The van der Waals surface area contributed by atoms with Crippen LogP contribution in [0.3, 0.4) is 0 Å². The molecule has 6 nitrogen and oxygen atoms in total. The van der Waals surface area contributed by atoms with Crippen LogP contribution in [-0.4, -0.2) is 56.3 Å². The lowest BCUT2D eigenvalue weighted by Gasteiger charge is -2.39. The Bertz CT molecular complexity index is 954. The third kappa shape index (κ3) is 6.46. The van der Waals surface area contributed by atoms with Gasteiger partial charge in [-0.1, -0.05) is 32.6 Å². The van der Waals surface area contributed by atoms with Gasteiger partial charge in [0, 0.05) is 49.9 Å². The minimum atomic E-state index is 0.267. The Morgan fingerprint density at radius 1 is 1.06 bits per heavy atom. The van der Waals surface area contributed by atoms with Crippen molar-refractivity contribution in [3.8, 4) is 11.4 Å². The SMILES string of the molecule is CCCCN(C(=O)CC1CCCCC1)C1CCN(Cc2c(C)nn(-c3ccc(O)cc3)c2C)CC1. The first-order valence-corrected chi connectivity index (χ1v) is 13.8. The van der Waals surface area contributed by atoms with E-state index in [0.29, 0.717) is 17.9 Å². The molecule has 2 aromatic rings. The van der Waals surface area contributed by atoms with Gasteiger partial charge in [-0.15, -0.1) is 0 Å². The number of aryl methyl sites for hydroxylation is 1. The van der Waals surface area contributed by atoms with Gasteiger partial charge in [-0.25, -0.2) is 4.68 Å². The molecule has 1 aliphatic heterocycles. The highest BCUT2D eigenvalue weighted by Crippen LogP contribution is 2.29. The molecule has 1 aromatic heterocycles. The van der Waals surface area contributed by atoms with Crippen molar-refractivity contribution >= 4 is 5.91 Å². The second-order valence-electron chi connectivity index (χ2n) is 10.7. The van der Waals surface area contributed by atoms with Gasteiger partial charge in [0.2, 0.25) is 5.91 Å². The first kappa shape index (κ1) is 25.7. The number of hydrogen-bond donors (Lipinski definition) is 1. The molecule has 4 rings (SSSR count). The van der Waals surface area contributed by atoms with Crippen molar-refractivity contribution in [1.29, 1.82) is 0 Å². The molecule has 0 radical (unpaired) electrons. The normalized spacial score (nSPS) is 18.1. The maximum Gasteiger partial charge on any atom is 0.223 e. The summed E-state index contributed by atoms with van der Waals surface area (Å²) in [6, 6.07) is 7.60. The molecule has 0 atom stereocenters. The molecule has 1 saturated heterocycles. The van der Waals surface area contributed by atoms with Crippen LogP contribution in [-0.2, 0) is 11.3 Å². The second kappa shape index (κ2) is 12.1. The predicted molar refractivity (Wildman–Crippen MR) is 141 cm³/mol. The summed E-state index contributed by atoms with van der Waals surface area (Å²) in [6.45, 7) is 10.3. The first-order valence-electron chi connectivity index (χ1n) is 13.8. The van der Waals surface area contributed by atoms with Gasteiger partial charge in [0.15, 0.2) is 0 Å². The zero-order chi connectivity index (χ0) is 24.8. The van der Waals surface area contributed by atoms with Crippen LogP contribution in [0.2, 0.25) is 0 Å². The summed E-state index contributed by atoms with van der Waals surface area (Å²) in [5.41, 5.74) is 4.47. The van der Waals surface area contributed by atoms with Gasteiger partial charge < -0.3 is 10.0 Å². The number of unbranched alkanes of at least 4 members (excludes halogenated alkanes) is 1.